The van der Waals surface area contributed by atoms with E-state index in [1.54, 1.807) is 7.05 Å². The molecule has 4 nitrogen and oxygen atoms in total. The van der Waals surface area contributed by atoms with Crippen LogP contribution in [0.25, 0.3) is 0 Å². The van der Waals surface area contributed by atoms with E-state index in [4.69, 9.17) is 4.74 Å². The molecule has 2 N–H and O–H groups in total. The Balaban J connectivity index is 0.00000441. The summed E-state index contributed by atoms with van der Waals surface area (Å²) in [5.74, 6) is -0.771. The normalized spacial score (nSPS) is 10.8. The molecule has 1 rings (SSSR count). The number of hydrogen-bond acceptors (Lipinski definition) is 2. The van der Waals surface area contributed by atoms with Crippen molar-refractivity contribution in [2.45, 2.75) is 26.2 Å². The lowest BCUT2D eigenvalue weighted by molar-refractivity contribution is 0.318. The highest BCUT2D eigenvalue weighted by Crippen LogP contribution is 2.14. The van der Waals surface area contributed by atoms with Crippen LogP contribution in [-0.2, 0) is 0 Å². The molecule has 0 atom stereocenters. The van der Waals surface area contributed by atoms with Crippen molar-refractivity contribution in [2.75, 3.05) is 26.7 Å². The molecular weight excluding hydrogens is 403 g/mol. The van der Waals surface area contributed by atoms with Crippen LogP contribution in [0.15, 0.2) is 23.2 Å². The number of ether oxygens (including phenoxy) is 1. The summed E-state index contributed by atoms with van der Waals surface area (Å²) in [5, 5.41) is 6.28. The minimum Gasteiger partial charge on any atom is -0.492 e. The van der Waals surface area contributed by atoms with Gasteiger partial charge in [-0.2, -0.15) is 0 Å². The molecule has 22 heavy (non-hydrogen) atoms. The Labute approximate surface area is 147 Å². The van der Waals surface area contributed by atoms with Gasteiger partial charge in [-0.3, -0.25) is 4.99 Å². The molecule has 0 bridgehead atoms. The monoisotopic (exact) mass is 427 g/mol. The number of benzene rings is 1. The highest BCUT2D eigenvalue weighted by molar-refractivity contribution is 14.0. The van der Waals surface area contributed by atoms with Crippen molar-refractivity contribution in [2.24, 2.45) is 4.99 Å². The smallest absolute Gasteiger partial charge is 0.191 e. The molecule has 0 unspecified atom stereocenters. The van der Waals surface area contributed by atoms with Crippen LogP contribution < -0.4 is 15.4 Å². The lowest BCUT2D eigenvalue weighted by Gasteiger charge is -2.12. The van der Waals surface area contributed by atoms with E-state index >= 15 is 0 Å². The predicted octanol–water partition coefficient (Wildman–Crippen LogP) is 3.32. The van der Waals surface area contributed by atoms with Crippen molar-refractivity contribution < 1.29 is 13.5 Å². The van der Waals surface area contributed by atoms with E-state index < -0.39 is 11.6 Å². The van der Waals surface area contributed by atoms with Crippen LogP contribution in [0.2, 0.25) is 0 Å². The fraction of sp³-hybridized carbons (Fsp3) is 0.533. The number of halogens is 3. The van der Waals surface area contributed by atoms with Crippen molar-refractivity contribution in [3.63, 3.8) is 0 Å². The standard InChI is InChI=1S/C15H23F2N3O.HI/c1-3-4-5-8-19-15(18-2)20-9-10-21-12-6-7-13(16)14(17)11-12;/h6-7,11H,3-5,8-10H2,1-2H3,(H2,18,19,20);1H. The SMILES string of the molecule is CCCCCNC(=NC)NCCOc1ccc(F)c(F)c1.I. The van der Waals surface area contributed by atoms with Crippen molar-refractivity contribution in [3.8, 4) is 5.75 Å². The highest BCUT2D eigenvalue weighted by atomic mass is 127. The molecule has 0 spiro atoms. The molecule has 0 radical (unpaired) electrons. The van der Waals surface area contributed by atoms with Crippen LogP contribution in [0.1, 0.15) is 26.2 Å². The van der Waals surface area contributed by atoms with E-state index in [9.17, 15) is 8.78 Å². The molecule has 0 aromatic heterocycles. The molecule has 0 saturated heterocycles. The first-order valence-corrected chi connectivity index (χ1v) is 7.19. The number of guanidine groups is 1. The van der Waals surface area contributed by atoms with Crippen LogP contribution in [0, 0.1) is 11.6 Å². The summed E-state index contributed by atoms with van der Waals surface area (Å²) in [6.45, 7) is 3.88. The Morgan fingerprint density at radius 3 is 2.50 bits per heavy atom. The molecule has 0 amide bonds. The molecular formula is C15H24F2IN3O. The summed E-state index contributed by atoms with van der Waals surface area (Å²) >= 11 is 0. The molecule has 126 valence electrons. The van der Waals surface area contributed by atoms with Gasteiger partial charge in [0, 0.05) is 19.7 Å². The highest BCUT2D eigenvalue weighted by Gasteiger charge is 2.03. The first kappa shape index (κ1) is 20.9. The largest absolute Gasteiger partial charge is 0.492 e. The molecule has 1 aromatic carbocycles. The zero-order valence-corrected chi connectivity index (χ0v) is 15.3. The lowest BCUT2D eigenvalue weighted by atomic mass is 10.2. The third-order valence-electron chi connectivity index (χ3n) is 2.85. The summed E-state index contributed by atoms with van der Waals surface area (Å²) < 4.78 is 31.0. The van der Waals surface area contributed by atoms with Gasteiger partial charge in [0.15, 0.2) is 17.6 Å². The first-order valence-electron chi connectivity index (χ1n) is 7.19. The van der Waals surface area contributed by atoms with Crippen LogP contribution in [0.4, 0.5) is 8.78 Å². The molecule has 0 fully saturated rings. The average molecular weight is 427 g/mol. The second-order valence-electron chi connectivity index (χ2n) is 4.56. The zero-order chi connectivity index (χ0) is 15.5. The van der Waals surface area contributed by atoms with E-state index in [0.29, 0.717) is 24.9 Å². The summed E-state index contributed by atoms with van der Waals surface area (Å²) in [5.41, 5.74) is 0. The summed E-state index contributed by atoms with van der Waals surface area (Å²) in [6, 6.07) is 3.48. The molecule has 0 aliphatic carbocycles. The molecule has 1 aromatic rings. The lowest BCUT2D eigenvalue weighted by Crippen LogP contribution is -2.39. The summed E-state index contributed by atoms with van der Waals surface area (Å²) in [7, 11) is 1.70. The Morgan fingerprint density at radius 2 is 1.86 bits per heavy atom. The summed E-state index contributed by atoms with van der Waals surface area (Å²) in [6.07, 6.45) is 3.46. The van der Waals surface area contributed by atoms with Crippen molar-refractivity contribution in [1.29, 1.82) is 0 Å². The Hall–Kier alpha value is -1.12. The number of nitrogens with zero attached hydrogens (tertiary/aromatic N) is 1. The van der Waals surface area contributed by atoms with Crippen molar-refractivity contribution in [1.82, 2.24) is 10.6 Å². The minimum absolute atomic E-state index is 0. The topological polar surface area (TPSA) is 45.7 Å². The summed E-state index contributed by atoms with van der Waals surface area (Å²) in [4.78, 5) is 4.09. The maximum atomic E-state index is 13.0. The van der Waals surface area contributed by atoms with Crippen molar-refractivity contribution in [3.05, 3.63) is 29.8 Å². The number of aliphatic imine (C=N–C) groups is 1. The Kier molecular flexibility index (Phi) is 11.8. The van der Waals surface area contributed by atoms with Gasteiger partial charge >= 0.3 is 0 Å². The first-order chi connectivity index (χ1) is 10.2. The zero-order valence-electron chi connectivity index (χ0n) is 13.0. The molecule has 0 aliphatic heterocycles. The van der Waals surface area contributed by atoms with Gasteiger partial charge in [0.2, 0.25) is 0 Å². The van der Waals surface area contributed by atoms with Crippen LogP contribution in [0.5, 0.6) is 5.75 Å². The van der Waals surface area contributed by atoms with E-state index in [0.717, 1.165) is 25.1 Å². The van der Waals surface area contributed by atoms with Gasteiger partial charge in [-0.25, -0.2) is 8.78 Å². The third-order valence-corrected chi connectivity index (χ3v) is 2.85. The Morgan fingerprint density at radius 1 is 1.14 bits per heavy atom. The van der Waals surface area contributed by atoms with Gasteiger partial charge in [0.1, 0.15) is 12.4 Å². The van der Waals surface area contributed by atoms with Gasteiger partial charge < -0.3 is 15.4 Å². The third kappa shape index (κ3) is 8.35. The maximum absolute atomic E-state index is 13.0. The maximum Gasteiger partial charge on any atom is 0.191 e. The van der Waals surface area contributed by atoms with E-state index in [-0.39, 0.29) is 24.0 Å². The molecule has 0 aliphatic rings. The quantitative estimate of drug-likeness (QED) is 0.290. The van der Waals surface area contributed by atoms with Gasteiger partial charge in [-0.05, 0) is 18.6 Å². The van der Waals surface area contributed by atoms with Crippen molar-refractivity contribution >= 4 is 29.9 Å². The minimum atomic E-state index is -0.908. The number of rotatable bonds is 8. The van der Waals surface area contributed by atoms with E-state index in [1.807, 2.05) is 0 Å². The van der Waals surface area contributed by atoms with Gasteiger partial charge in [0.25, 0.3) is 0 Å². The second kappa shape index (κ2) is 12.4. The Bertz CT molecular complexity index is 458. The number of unbranched alkanes of at least 4 members (excludes halogenated alkanes) is 2. The van der Waals surface area contributed by atoms with E-state index in [2.05, 4.69) is 22.5 Å². The molecule has 0 saturated carbocycles. The van der Waals surface area contributed by atoms with Crippen LogP contribution in [-0.4, -0.2) is 32.7 Å². The molecule has 0 heterocycles. The van der Waals surface area contributed by atoms with Crippen LogP contribution >= 0.6 is 24.0 Å². The number of nitrogens with one attached hydrogen (secondary N) is 2. The fourth-order valence-corrected chi connectivity index (χ4v) is 1.71. The van der Waals surface area contributed by atoms with E-state index in [1.165, 1.54) is 18.9 Å². The number of hydrogen-bond donors (Lipinski definition) is 2. The van der Waals surface area contributed by atoms with Gasteiger partial charge in [0.05, 0.1) is 6.54 Å². The van der Waals surface area contributed by atoms with Gasteiger partial charge in [-0.15, -0.1) is 24.0 Å². The average Bonchev–Trinajstić information content (AvgIpc) is 2.49. The second-order valence-corrected chi connectivity index (χ2v) is 4.56. The fourth-order valence-electron chi connectivity index (χ4n) is 1.71. The van der Waals surface area contributed by atoms with Crippen LogP contribution in [0.3, 0.4) is 0 Å². The van der Waals surface area contributed by atoms with Gasteiger partial charge in [-0.1, -0.05) is 19.8 Å². The predicted molar refractivity (Wildman–Crippen MR) is 96.2 cm³/mol. The molecule has 7 heteroatoms.